The van der Waals surface area contributed by atoms with Crippen molar-refractivity contribution < 1.29 is 4.79 Å². The van der Waals surface area contributed by atoms with Crippen LogP contribution in [0.25, 0.3) is 0 Å². The number of anilines is 2. The van der Waals surface area contributed by atoms with Gasteiger partial charge in [-0.1, -0.05) is 19.9 Å². The number of amides is 1. The molecule has 1 aliphatic rings. The van der Waals surface area contributed by atoms with E-state index in [1.165, 1.54) is 17.0 Å². The summed E-state index contributed by atoms with van der Waals surface area (Å²) in [6.07, 6.45) is 1.82. The summed E-state index contributed by atoms with van der Waals surface area (Å²) in [5.74, 6) is -0.0685. The first-order chi connectivity index (χ1) is 16.2. The predicted octanol–water partition coefficient (Wildman–Crippen LogP) is 5.60. The van der Waals surface area contributed by atoms with Crippen LogP contribution in [0.5, 0.6) is 0 Å². The Morgan fingerprint density at radius 2 is 1.94 bits per heavy atom. The van der Waals surface area contributed by atoms with Gasteiger partial charge in [-0.3, -0.25) is 9.78 Å². The van der Waals surface area contributed by atoms with Crippen molar-refractivity contribution >= 4 is 34.6 Å². The van der Waals surface area contributed by atoms with Crippen LogP contribution < -0.4 is 15.5 Å². The van der Waals surface area contributed by atoms with Crippen LogP contribution in [0.1, 0.15) is 61.1 Å². The van der Waals surface area contributed by atoms with E-state index < -0.39 is 0 Å². The molecule has 1 aromatic carbocycles. The first-order valence-electron chi connectivity index (χ1n) is 11.8. The lowest BCUT2D eigenvalue weighted by Crippen LogP contribution is -2.29. The lowest BCUT2D eigenvalue weighted by Gasteiger charge is -2.29. The standard InChI is InChI=1S/C27H33N5OS/c1-7-31-18(5)15-21(19(31)6)25-24(23-10-8-9-13-28-23)30-27(34)32(25)20-11-12-22(17(4)14-20)29-26(33)16(2)3/h8-16,24-25H,7H2,1-6H3,(H,29,33)(H,30,34)/t24-,25+/m0/s1. The van der Waals surface area contributed by atoms with E-state index in [4.69, 9.17) is 12.2 Å². The minimum atomic E-state index is -0.0832. The number of rotatable bonds is 6. The highest BCUT2D eigenvalue weighted by Crippen LogP contribution is 2.43. The molecule has 2 atom stereocenters. The highest BCUT2D eigenvalue weighted by atomic mass is 32.1. The fourth-order valence-electron chi connectivity index (χ4n) is 4.78. The summed E-state index contributed by atoms with van der Waals surface area (Å²) in [5, 5.41) is 7.23. The van der Waals surface area contributed by atoms with E-state index in [0.29, 0.717) is 5.11 Å². The SMILES string of the molecule is CCn1c(C)cc([C@@H]2[C@H](c3ccccn3)NC(=S)N2c2ccc(NC(=O)C(C)C)c(C)c2)c1C. The van der Waals surface area contributed by atoms with E-state index in [2.05, 4.69) is 58.0 Å². The van der Waals surface area contributed by atoms with Crippen molar-refractivity contribution in [3.05, 3.63) is 76.9 Å². The lowest BCUT2D eigenvalue weighted by atomic mass is 9.96. The molecule has 6 nitrogen and oxygen atoms in total. The van der Waals surface area contributed by atoms with Crippen molar-refractivity contribution in [1.29, 1.82) is 0 Å². The van der Waals surface area contributed by atoms with Gasteiger partial charge in [0.05, 0.1) is 17.8 Å². The highest BCUT2D eigenvalue weighted by Gasteiger charge is 2.42. The normalized spacial score (nSPS) is 17.9. The third kappa shape index (κ3) is 4.32. The summed E-state index contributed by atoms with van der Waals surface area (Å²) in [6, 6.07) is 14.2. The molecule has 1 fully saturated rings. The molecule has 3 heterocycles. The van der Waals surface area contributed by atoms with Crippen molar-refractivity contribution in [2.45, 2.75) is 60.2 Å². The Hall–Kier alpha value is -3.19. The fourth-order valence-corrected chi connectivity index (χ4v) is 5.12. The zero-order chi connectivity index (χ0) is 24.6. The van der Waals surface area contributed by atoms with Gasteiger partial charge >= 0.3 is 0 Å². The predicted molar refractivity (Wildman–Crippen MR) is 142 cm³/mol. The molecular formula is C27H33N5OS. The van der Waals surface area contributed by atoms with Crippen LogP contribution in [0.3, 0.4) is 0 Å². The molecule has 0 radical (unpaired) electrons. The number of nitrogens with one attached hydrogen (secondary N) is 2. The number of carbonyl (C=O) groups excluding carboxylic acids is 1. The number of carbonyl (C=O) groups is 1. The minimum absolute atomic E-state index is 0.00862. The minimum Gasteiger partial charge on any atom is -0.351 e. The van der Waals surface area contributed by atoms with Gasteiger partial charge in [-0.25, -0.2) is 0 Å². The van der Waals surface area contributed by atoms with Gasteiger partial charge in [-0.15, -0.1) is 0 Å². The summed E-state index contributed by atoms with van der Waals surface area (Å²) in [4.78, 5) is 19.1. The second-order valence-electron chi connectivity index (χ2n) is 9.21. The number of aromatic nitrogens is 2. The van der Waals surface area contributed by atoms with Crippen molar-refractivity contribution in [2.24, 2.45) is 5.92 Å². The molecule has 0 spiro atoms. The fraction of sp³-hybridized carbons (Fsp3) is 0.370. The second-order valence-corrected chi connectivity index (χ2v) is 9.60. The molecule has 2 N–H and O–H groups in total. The van der Waals surface area contributed by atoms with Crippen LogP contribution in [0, 0.1) is 26.7 Å². The molecule has 1 aliphatic heterocycles. The number of benzene rings is 1. The average molecular weight is 476 g/mol. The van der Waals surface area contributed by atoms with Crippen molar-refractivity contribution in [3.63, 3.8) is 0 Å². The van der Waals surface area contributed by atoms with Gasteiger partial charge in [0.1, 0.15) is 0 Å². The van der Waals surface area contributed by atoms with Gasteiger partial charge in [0.2, 0.25) is 5.91 Å². The molecule has 178 valence electrons. The van der Waals surface area contributed by atoms with Gasteiger partial charge in [-0.2, -0.15) is 0 Å². The molecule has 0 bridgehead atoms. The summed E-state index contributed by atoms with van der Waals surface area (Å²) in [6.45, 7) is 13.2. The Bertz CT molecular complexity index is 1220. The number of thiocarbonyl (C=S) groups is 1. The summed E-state index contributed by atoms with van der Waals surface area (Å²) < 4.78 is 2.33. The maximum atomic E-state index is 12.2. The maximum absolute atomic E-state index is 12.2. The molecule has 7 heteroatoms. The Labute approximate surface area is 207 Å². The number of nitrogens with zero attached hydrogens (tertiary/aromatic N) is 3. The van der Waals surface area contributed by atoms with E-state index in [1.807, 2.05) is 57.3 Å². The number of hydrogen-bond acceptors (Lipinski definition) is 3. The molecule has 0 aliphatic carbocycles. The van der Waals surface area contributed by atoms with Crippen LogP contribution in [-0.4, -0.2) is 20.6 Å². The van der Waals surface area contributed by atoms with Crippen LogP contribution in [0.4, 0.5) is 11.4 Å². The van der Waals surface area contributed by atoms with Crippen molar-refractivity contribution in [3.8, 4) is 0 Å². The zero-order valence-electron chi connectivity index (χ0n) is 20.7. The first kappa shape index (κ1) is 24.0. The molecule has 1 amide bonds. The largest absolute Gasteiger partial charge is 0.351 e. The number of pyridine rings is 1. The highest BCUT2D eigenvalue weighted by molar-refractivity contribution is 7.80. The van der Waals surface area contributed by atoms with Gasteiger partial charge in [0, 0.05) is 41.4 Å². The molecule has 3 aromatic rings. The molecule has 2 aromatic heterocycles. The van der Waals surface area contributed by atoms with Gasteiger partial charge in [0.15, 0.2) is 5.11 Å². The van der Waals surface area contributed by atoms with Crippen molar-refractivity contribution in [2.75, 3.05) is 10.2 Å². The molecule has 0 saturated carbocycles. The summed E-state index contributed by atoms with van der Waals surface area (Å²) in [5.41, 5.74) is 7.46. The molecule has 1 saturated heterocycles. The Kier molecular flexibility index (Phi) is 6.75. The average Bonchev–Trinajstić information content (AvgIpc) is 3.30. The van der Waals surface area contributed by atoms with E-state index in [1.54, 1.807) is 0 Å². The molecular weight excluding hydrogens is 442 g/mol. The van der Waals surface area contributed by atoms with E-state index in [9.17, 15) is 4.79 Å². The quantitative estimate of drug-likeness (QED) is 0.455. The Morgan fingerprint density at radius 3 is 2.53 bits per heavy atom. The van der Waals surface area contributed by atoms with Gasteiger partial charge in [0.25, 0.3) is 0 Å². The van der Waals surface area contributed by atoms with Gasteiger partial charge < -0.3 is 20.1 Å². The van der Waals surface area contributed by atoms with E-state index in [0.717, 1.165) is 29.2 Å². The lowest BCUT2D eigenvalue weighted by molar-refractivity contribution is -0.118. The van der Waals surface area contributed by atoms with E-state index >= 15 is 0 Å². The zero-order valence-corrected chi connectivity index (χ0v) is 21.5. The molecule has 34 heavy (non-hydrogen) atoms. The number of aryl methyl sites for hydroxylation is 2. The first-order valence-corrected chi connectivity index (χ1v) is 12.2. The second kappa shape index (κ2) is 9.58. The Morgan fingerprint density at radius 1 is 1.18 bits per heavy atom. The smallest absolute Gasteiger partial charge is 0.226 e. The number of hydrogen-bond donors (Lipinski definition) is 2. The van der Waals surface area contributed by atoms with Crippen LogP contribution in [0.15, 0.2) is 48.7 Å². The third-order valence-electron chi connectivity index (χ3n) is 6.62. The Balaban J connectivity index is 1.80. The summed E-state index contributed by atoms with van der Waals surface area (Å²) in [7, 11) is 0. The van der Waals surface area contributed by atoms with Crippen LogP contribution in [0.2, 0.25) is 0 Å². The third-order valence-corrected chi connectivity index (χ3v) is 6.93. The molecule has 0 unspecified atom stereocenters. The van der Waals surface area contributed by atoms with Crippen molar-refractivity contribution in [1.82, 2.24) is 14.9 Å². The molecule has 4 rings (SSSR count). The topological polar surface area (TPSA) is 62.2 Å². The van der Waals surface area contributed by atoms with Crippen LogP contribution >= 0.6 is 12.2 Å². The summed E-state index contributed by atoms with van der Waals surface area (Å²) >= 11 is 5.88. The van der Waals surface area contributed by atoms with Crippen LogP contribution in [-0.2, 0) is 11.3 Å². The van der Waals surface area contributed by atoms with Gasteiger partial charge in [-0.05, 0) is 87.4 Å². The maximum Gasteiger partial charge on any atom is 0.226 e. The van der Waals surface area contributed by atoms with E-state index in [-0.39, 0.29) is 23.9 Å². The monoisotopic (exact) mass is 475 g/mol.